The third-order valence-corrected chi connectivity index (χ3v) is 5.59. The second-order valence-electron chi connectivity index (χ2n) is 6.24. The van der Waals surface area contributed by atoms with Gasteiger partial charge in [0.15, 0.2) is 11.9 Å². The number of alkyl halides is 1. The fourth-order valence-corrected chi connectivity index (χ4v) is 4.10. The van der Waals surface area contributed by atoms with Gasteiger partial charge in [0, 0.05) is 24.5 Å². The van der Waals surface area contributed by atoms with Gasteiger partial charge in [0.2, 0.25) is 0 Å². The monoisotopic (exact) mass is 421 g/mol. The van der Waals surface area contributed by atoms with Gasteiger partial charge in [-0.3, -0.25) is 4.98 Å². The highest BCUT2D eigenvalue weighted by Crippen LogP contribution is 2.35. The van der Waals surface area contributed by atoms with Gasteiger partial charge in [0.05, 0.1) is 5.39 Å². The molecule has 0 aliphatic carbocycles. The Hall–Kier alpha value is -3.21. The lowest BCUT2D eigenvalue weighted by molar-refractivity contribution is 0.387. The Morgan fingerprint density at radius 3 is 2.90 bits per heavy atom. The summed E-state index contributed by atoms with van der Waals surface area (Å²) in [5.74, 6) is 1.97. The van der Waals surface area contributed by atoms with Crippen molar-refractivity contribution in [2.24, 2.45) is 0 Å². The molecular formula is C21H16ClN5OS. The highest BCUT2D eigenvalue weighted by molar-refractivity contribution is 7.19. The van der Waals surface area contributed by atoms with E-state index >= 15 is 0 Å². The Morgan fingerprint density at radius 2 is 2.14 bits per heavy atom. The SMILES string of the molecule is Cc1c(C#N)sc2nc(-c3cccnc3)nc(NCc3cccc(OCCl)c3)c12. The van der Waals surface area contributed by atoms with E-state index in [-0.39, 0.29) is 6.07 Å². The van der Waals surface area contributed by atoms with Gasteiger partial charge in [-0.1, -0.05) is 23.7 Å². The summed E-state index contributed by atoms with van der Waals surface area (Å²) in [6, 6.07) is 13.8. The van der Waals surface area contributed by atoms with E-state index in [1.165, 1.54) is 11.3 Å². The van der Waals surface area contributed by atoms with Crippen LogP contribution in [0, 0.1) is 18.3 Å². The average molecular weight is 422 g/mol. The lowest BCUT2D eigenvalue weighted by atomic mass is 10.2. The molecule has 0 atom stereocenters. The number of thiophene rings is 1. The molecule has 0 bridgehead atoms. The molecule has 1 N–H and O–H groups in total. The van der Waals surface area contributed by atoms with Crippen LogP contribution in [0.4, 0.5) is 5.82 Å². The molecule has 0 amide bonds. The molecule has 29 heavy (non-hydrogen) atoms. The fourth-order valence-electron chi connectivity index (χ4n) is 2.99. The van der Waals surface area contributed by atoms with Crippen molar-refractivity contribution in [3.05, 3.63) is 64.8 Å². The summed E-state index contributed by atoms with van der Waals surface area (Å²) in [5.41, 5.74) is 2.72. The molecule has 3 heterocycles. The van der Waals surface area contributed by atoms with Crippen LogP contribution in [0.5, 0.6) is 5.75 Å². The van der Waals surface area contributed by atoms with Crippen molar-refractivity contribution < 1.29 is 4.74 Å². The number of nitrogens with one attached hydrogen (secondary N) is 1. The first kappa shape index (κ1) is 19.1. The molecule has 4 rings (SSSR count). The van der Waals surface area contributed by atoms with E-state index in [1.807, 2.05) is 43.3 Å². The van der Waals surface area contributed by atoms with E-state index in [2.05, 4.69) is 21.4 Å². The molecule has 0 saturated carbocycles. The Bertz CT molecular complexity index is 1200. The topological polar surface area (TPSA) is 83.7 Å². The third kappa shape index (κ3) is 3.99. The summed E-state index contributed by atoms with van der Waals surface area (Å²) in [7, 11) is 0. The van der Waals surface area contributed by atoms with E-state index < -0.39 is 0 Å². The maximum Gasteiger partial charge on any atom is 0.164 e. The van der Waals surface area contributed by atoms with E-state index in [4.69, 9.17) is 21.3 Å². The summed E-state index contributed by atoms with van der Waals surface area (Å²) in [5, 5.41) is 13.7. The number of rotatable bonds is 6. The molecule has 0 aliphatic rings. The van der Waals surface area contributed by atoms with Gasteiger partial charge in [-0.05, 0) is 42.3 Å². The maximum atomic E-state index is 9.44. The minimum atomic E-state index is 0.100. The van der Waals surface area contributed by atoms with Crippen molar-refractivity contribution in [2.75, 3.05) is 11.4 Å². The van der Waals surface area contributed by atoms with Gasteiger partial charge >= 0.3 is 0 Å². The number of nitriles is 1. The number of hydrogen-bond acceptors (Lipinski definition) is 7. The number of halogens is 1. The first-order chi connectivity index (χ1) is 14.2. The summed E-state index contributed by atoms with van der Waals surface area (Å²) in [6.07, 6.45) is 3.43. The molecule has 0 fully saturated rings. The standard InChI is InChI=1S/C21H16ClN5OS/c1-13-17(9-23)29-21-18(13)20(26-19(27-21)15-5-3-7-24-11-15)25-10-14-4-2-6-16(8-14)28-12-22/h2-8,11H,10,12H2,1H3,(H,25,26,27). The van der Waals surface area contributed by atoms with Gasteiger partial charge < -0.3 is 10.1 Å². The van der Waals surface area contributed by atoms with Crippen molar-refractivity contribution in [3.8, 4) is 23.2 Å². The number of nitrogens with zero attached hydrogens (tertiary/aromatic N) is 4. The molecule has 0 radical (unpaired) electrons. The second kappa shape index (κ2) is 8.43. The quantitative estimate of drug-likeness (QED) is 0.435. The summed E-state index contributed by atoms with van der Waals surface area (Å²) < 4.78 is 5.35. The van der Waals surface area contributed by atoms with E-state index in [9.17, 15) is 5.26 Å². The lowest BCUT2D eigenvalue weighted by Gasteiger charge is -2.11. The molecule has 8 heteroatoms. The van der Waals surface area contributed by atoms with Gasteiger partial charge in [-0.15, -0.1) is 11.3 Å². The van der Waals surface area contributed by atoms with Gasteiger partial charge in [-0.2, -0.15) is 5.26 Å². The first-order valence-corrected chi connectivity index (χ1v) is 10.2. The first-order valence-electron chi connectivity index (χ1n) is 8.83. The number of hydrogen-bond donors (Lipinski definition) is 1. The van der Waals surface area contributed by atoms with Crippen LogP contribution < -0.4 is 10.1 Å². The van der Waals surface area contributed by atoms with Crippen molar-refractivity contribution in [1.82, 2.24) is 15.0 Å². The Morgan fingerprint density at radius 1 is 1.24 bits per heavy atom. The van der Waals surface area contributed by atoms with Crippen molar-refractivity contribution >= 4 is 39.0 Å². The maximum absolute atomic E-state index is 9.44. The van der Waals surface area contributed by atoms with Crippen molar-refractivity contribution in [2.45, 2.75) is 13.5 Å². The number of aryl methyl sites for hydroxylation is 1. The fraction of sp³-hybridized carbons (Fsp3) is 0.143. The lowest BCUT2D eigenvalue weighted by Crippen LogP contribution is -2.04. The number of aromatic nitrogens is 3. The third-order valence-electron chi connectivity index (χ3n) is 4.39. The van der Waals surface area contributed by atoms with Crippen LogP contribution in [0.2, 0.25) is 0 Å². The van der Waals surface area contributed by atoms with Gasteiger partial charge in [0.25, 0.3) is 0 Å². The number of anilines is 1. The van der Waals surface area contributed by atoms with Crippen LogP contribution in [0.3, 0.4) is 0 Å². The molecule has 4 aromatic rings. The van der Waals surface area contributed by atoms with E-state index in [1.54, 1.807) is 12.4 Å². The largest absolute Gasteiger partial charge is 0.478 e. The second-order valence-corrected chi connectivity index (χ2v) is 7.46. The minimum Gasteiger partial charge on any atom is -0.478 e. The molecular weight excluding hydrogens is 406 g/mol. The zero-order valence-corrected chi connectivity index (χ0v) is 17.1. The Kier molecular flexibility index (Phi) is 5.56. The number of pyridine rings is 1. The van der Waals surface area contributed by atoms with E-state index in [0.29, 0.717) is 28.8 Å². The van der Waals surface area contributed by atoms with Crippen LogP contribution in [0.15, 0.2) is 48.8 Å². The predicted molar refractivity (Wildman–Crippen MR) is 115 cm³/mol. The summed E-state index contributed by atoms with van der Waals surface area (Å²) >= 11 is 7.02. The summed E-state index contributed by atoms with van der Waals surface area (Å²) in [4.78, 5) is 15.0. The normalized spacial score (nSPS) is 10.7. The smallest absolute Gasteiger partial charge is 0.164 e. The number of ether oxygens (including phenoxy) is 1. The molecule has 0 saturated heterocycles. The van der Waals surface area contributed by atoms with Crippen molar-refractivity contribution in [1.29, 1.82) is 5.26 Å². The highest BCUT2D eigenvalue weighted by Gasteiger charge is 2.17. The van der Waals surface area contributed by atoms with Crippen LogP contribution in [-0.2, 0) is 6.54 Å². The molecule has 3 aromatic heterocycles. The predicted octanol–water partition coefficient (Wildman–Crippen LogP) is 5.12. The Labute approximate surface area is 176 Å². The van der Waals surface area contributed by atoms with Crippen LogP contribution in [0.25, 0.3) is 21.6 Å². The number of fused-ring (bicyclic) bond motifs is 1. The zero-order valence-electron chi connectivity index (χ0n) is 15.5. The van der Waals surface area contributed by atoms with Gasteiger partial charge in [-0.25, -0.2) is 9.97 Å². The van der Waals surface area contributed by atoms with Crippen LogP contribution >= 0.6 is 22.9 Å². The summed E-state index contributed by atoms with van der Waals surface area (Å²) in [6.45, 7) is 2.46. The van der Waals surface area contributed by atoms with Crippen molar-refractivity contribution in [3.63, 3.8) is 0 Å². The molecule has 0 spiro atoms. The molecule has 144 valence electrons. The van der Waals surface area contributed by atoms with E-state index in [0.717, 1.165) is 26.9 Å². The zero-order chi connectivity index (χ0) is 20.2. The molecule has 1 aromatic carbocycles. The number of benzene rings is 1. The molecule has 0 unspecified atom stereocenters. The highest BCUT2D eigenvalue weighted by atomic mass is 35.5. The minimum absolute atomic E-state index is 0.100. The van der Waals surface area contributed by atoms with Crippen LogP contribution in [0.1, 0.15) is 16.0 Å². The molecule has 0 aliphatic heterocycles. The molecule has 6 nitrogen and oxygen atoms in total. The van der Waals surface area contributed by atoms with Gasteiger partial charge in [0.1, 0.15) is 27.3 Å². The Balaban J connectivity index is 1.74. The van der Waals surface area contributed by atoms with Crippen LogP contribution in [-0.4, -0.2) is 21.0 Å². The average Bonchev–Trinajstić information content (AvgIpc) is 3.09.